The molecule has 0 saturated heterocycles. The predicted molar refractivity (Wildman–Crippen MR) is 246 cm³/mol. The van der Waals surface area contributed by atoms with Gasteiger partial charge in [-0.05, 0) is 132 Å². The van der Waals surface area contributed by atoms with Crippen molar-refractivity contribution in [2.24, 2.45) is 0 Å². The van der Waals surface area contributed by atoms with Gasteiger partial charge in [0.2, 0.25) is 0 Å². The lowest BCUT2D eigenvalue weighted by Crippen LogP contribution is -2.35. The highest BCUT2D eigenvalue weighted by molar-refractivity contribution is 7.80. The van der Waals surface area contributed by atoms with E-state index in [0.29, 0.717) is 0 Å². The Morgan fingerprint density at radius 1 is 0.382 bits per heavy atom. The molecule has 0 aliphatic heterocycles. The number of hydrogen-bond acceptors (Lipinski definition) is 0. The molecule has 0 unspecified atom stereocenters. The van der Waals surface area contributed by atoms with E-state index in [2.05, 4.69) is 210 Å². The van der Waals surface area contributed by atoms with Crippen molar-refractivity contribution < 1.29 is 0 Å². The van der Waals surface area contributed by atoms with E-state index < -0.39 is 7.92 Å². The van der Waals surface area contributed by atoms with E-state index in [-0.39, 0.29) is 16.2 Å². The molecule has 0 spiro atoms. The first kappa shape index (κ1) is 40.4. The molecule has 0 amide bonds. The summed E-state index contributed by atoms with van der Waals surface area (Å²) in [5.41, 5.74) is 15.9. The summed E-state index contributed by atoms with van der Waals surface area (Å²) in [6.45, 7) is 28.3. The van der Waals surface area contributed by atoms with Crippen LogP contribution in [0.3, 0.4) is 0 Å². The first-order valence-electron chi connectivity index (χ1n) is 20.5. The van der Waals surface area contributed by atoms with Gasteiger partial charge in [0.1, 0.15) is 0 Å². The molecule has 0 radical (unpaired) electrons. The Balaban J connectivity index is 1.90. The van der Waals surface area contributed by atoms with Crippen molar-refractivity contribution in [2.75, 3.05) is 0 Å². The smallest absolute Gasteiger partial charge is 0.00234 e. The standard InChI is InChI=1S/C54H63P/c1-13-37-24-30-40(31-25-37)43-36-48(55(46-22-18-16-20-44(46)52(4,5)6)47-23-19-17-21-45(47)53(7,8)9)51(54(10,11)12)50(42-34-28-39(15-3)29-35-42)49(43)41-32-26-38(14-2)27-33-41/h16-36H,13-15H2,1-12H3. The van der Waals surface area contributed by atoms with Crippen LogP contribution in [0.1, 0.15) is 116 Å². The minimum Gasteiger partial charge on any atom is -0.0619 e. The van der Waals surface area contributed by atoms with E-state index in [9.17, 15) is 0 Å². The lowest BCUT2D eigenvalue weighted by Gasteiger charge is -2.37. The van der Waals surface area contributed by atoms with E-state index in [1.807, 2.05) is 0 Å². The Bertz CT molecular complexity index is 2170. The van der Waals surface area contributed by atoms with Crippen molar-refractivity contribution in [3.8, 4) is 33.4 Å². The van der Waals surface area contributed by atoms with Crippen LogP contribution in [0, 0.1) is 0 Å². The topological polar surface area (TPSA) is 0 Å². The molecular formula is C54H63P. The third-order valence-electron chi connectivity index (χ3n) is 11.2. The van der Waals surface area contributed by atoms with Crippen molar-refractivity contribution >= 4 is 23.8 Å². The van der Waals surface area contributed by atoms with Crippen LogP contribution >= 0.6 is 7.92 Å². The molecule has 1 heteroatoms. The fraction of sp³-hybridized carbons (Fsp3) is 0.333. The second-order valence-corrected chi connectivity index (χ2v) is 20.5. The molecule has 0 bridgehead atoms. The number of rotatable bonds is 9. The fourth-order valence-electron chi connectivity index (χ4n) is 8.15. The zero-order valence-electron chi connectivity index (χ0n) is 35.7. The average molecular weight is 743 g/mol. The number of aryl methyl sites for hydroxylation is 3. The molecule has 0 atom stereocenters. The Morgan fingerprint density at radius 3 is 1.11 bits per heavy atom. The van der Waals surface area contributed by atoms with Crippen molar-refractivity contribution in [3.63, 3.8) is 0 Å². The highest BCUT2D eigenvalue weighted by Gasteiger charge is 2.36. The number of benzene rings is 6. The van der Waals surface area contributed by atoms with Crippen molar-refractivity contribution in [1.29, 1.82) is 0 Å². The van der Waals surface area contributed by atoms with Crippen molar-refractivity contribution in [1.82, 2.24) is 0 Å². The SMILES string of the molecule is CCc1ccc(-c2cc(P(c3ccccc3C(C)(C)C)c3ccccc3C(C)(C)C)c(C(C)(C)C)c(-c3ccc(CC)cc3)c2-c2ccc(CC)cc2)cc1. The van der Waals surface area contributed by atoms with E-state index in [0.717, 1.165) is 19.3 Å². The zero-order chi connectivity index (χ0) is 39.7. The molecule has 284 valence electrons. The minimum absolute atomic E-state index is 0.0334. The normalized spacial score (nSPS) is 12.4. The van der Waals surface area contributed by atoms with Crippen LogP contribution in [0.25, 0.3) is 33.4 Å². The first-order valence-corrected chi connectivity index (χ1v) is 21.9. The molecule has 0 saturated carbocycles. The summed E-state index contributed by atoms with van der Waals surface area (Å²) < 4.78 is 0. The molecular weight excluding hydrogens is 680 g/mol. The summed E-state index contributed by atoms with van der Waals surface area (Å²) in [6, 6.07) is 49.6. The maximum absolute atomic E-state index is 2.64. The zero-order valence-corrected chi connectivity index (χ0v) is 36.6. The Hall–Kier alpha value is -4.25. The number of hydrogen-bond donors (Lipinski definition) is 0. The summed E-state index contributed by atoms with van der Waals surface area (Å²) in [4.78, 5) is 0. The molecule has 6 aromatic rings. The van der Waals surface area contributed by atoms with Crippen LogP contribution < -0.4 is 15.9 Å². The van der Waals surface area contributed by atoms with E-state index >= 15 is 0 Å². The predicted octanol–water partition coefficient (Wildman–Crippen LogP) is 14.0. The summed E-state index contributed by atoms with van der Waals surface area (Å²) in [6.07, 6.45) is 3.06. The molecule has 0 fully saturated rings. The molecule has 6 rings (SSSR count). The second kappa shape index (κ2) is 16.1. The lowest BCUT2D eigenvalue weighted by molar-refractivity contribution is 0.593. The highest BCUT2D eigenvalue weighted by Crippen LogP contribution is 2.51. The monoisotopic (exact) mass is 742 g/mol. The van der Waals surface area contributed by atoms with Gasteiger partial charge in [-0.15, -0.1) is 0 Å². The minimum atomic E-state index is -1.02. The largest absolute Gasteiger partial charge is 0.0619 e. The average Bonchev–Trinajstić information content (AvgIpc) is 3.17. The van der Waals surface area contributed by atoms with Gasteiger partial charge in [-0.1, -0.05) is 204 Å². The van der Waals surface area contributed by atoms with Crippen LogP contribution in [0.15, 0.2) is 127 Å². The molecule has 0 nitrogen and oxygen atoms in total. The maximum atomic E-state index is 2.64. The first-order chi connectivity index (χ1) is 26.1. The van der Waals surface area contributed by atoms with Crippen LogP contribution in [0.4, 0.5) is 0 Å². The highest BCUT2D eigenvalue weighted by atomic mass is 31.1. The van der Waals surface area contributed by atoms with Crippen LogP contribution in [-0.2, 0) is 35.5 Å². The molecule has 0 aliphatic rings. The van der Waals surface area contributed by atoms with Gasteiger partial charge in [0.15, 0.2) is 0 Å². The van der Waals surface area contributed by atoms with Gasteiger partial charge in [-0.25, -0.2) is 0 Å². The van der Waals surface area contributed by atoms with Gasteiger partial charge in [-0.3, -0.25) is 0 Å². The van der Waals surface area contributed by atoms with Gasteiger partial charge in [0.05, 0.1) is 0 Å². The molecule has 6 aromatic carbocycles. The summed E-state index contributed by atoms with van der Waals surface area (Å²) in [5, 5.41) is 4.35. The molecule has 0 heterocycles. The van der Waals surface area contributed by atoms with E-state index in [1.165, 1.54) is 82.7 Å². The Morgan fingerprint density at radius 2 is 0.745 bits per heavy atom. The fourth-order valence-corrected chi connectivity index (χ4v) is 11.6. The van der Waals surface area contributed by atoms with Crippen molar-refractivity contribution in [2.45, 2.75) is 119 Å². The van der Waals surface area contributed by atoms with Crippen molar-refractivity contribution in [3.05, 3.63) is 161 Å². The molecule has 0 N–H and O–H groups in total. The third kappa shape index (κ3) is 8.47. The van der Waals surface area contributed by atoms with Gasteiger partial charge in [0.25, 0.3) is 0 Å². The molecule has 55 heavy (non-hydrogen) atoms. The van der Waals surface area contributed by atoms with Gasteiger partial charge >= 0.3 is 0 Å². The molecule has 0 aromatic heterocycles. The maximum Gasteiger partial charge on any atom is -0.00234 e. The van der Waals surface area contributed by atoms with Gasteiger partial charge < -0.3 is 0 Å². The second-order valence-electron chi connectivity index (χ2n) is 18.3. The summed E-state index contributed by atoms with van der Waals surface area (Å²) in [5.74, 6) is 0. The lowest BCUT2D eigenvalue weighted by atomic mass is 9.76. The van der Waals surface area contributed by atoms with Gasteiger partial charge in [-0.2, -0.15) is 0 Å². The van der Waals surface area contributed by atoms with Crippen LogP contribution in [-0.4, -0.2) is 0 Å². The quantitative estimate of drug-likeness (QED) is 0.129. The Labute approximate surface area is 335 Å². The van der Waals surface area contributed by atoms with Crippen LogP contribution in [0.5, 0.6) is 0 Å². The molecule has 0 aliphatic carbocycles. The van der Waals surface area contributed by atoms with Crippen LogP contribution in [0.2, 0.25) is 0 Å². The van der Waals surface area contributed by atoms with E-state index in [4.69, 9.17) is 0 Å². The summed E-state index contributed by atoms with van der Waals surface area (Å²) >= 11 is 0. The Kier molecular flexibility index (Phi) is 11.8. The van der Waals surface area contributed by atoms with Gasteiger partial charge in [0, 0.05) is 0 Å². The third-order valence-corrected chi connectivity index (χ3v) is 13.8. The summed E-state index contributed by atoms with van der Waals surface area (Å²) in [7, 11) is -1.02. The van der Waals surface area contributed by atoms with E-state index in [1.54, 1.807) is 0 Å².